The van der Waals surface area contributed by atoms with Crippen molar-refractivity contribution in [3.63, 3.8) is 0 Å². The molecule has 2 aromatic rings. The third-order valence-electron chi connectivity index (χ3n) is 3.66. The normalized spacial score (nSPS) is 11.0. The zero-order valence-electron chi connectivity index (χ0n) is 13.6. The molecule has 0 N–H and O–H groups in total. The highest BCUT2D eigenvalue weighted by molar-refractivity contribution is 6.41. The van der Waals surface area contributed by atoms with E-state index in [0.29, 0.717) is 11.4 Å². The second kappa shape index (κ2) is 6.22. The third-order valence-corrected chi connectivity index (χ3v) is 3.66. The number of hydrogen-bond donors (Lipinski definition) is 0. The van der Waals surface area contributed by atoms with Gasteiger partial charge in [0.1, 0.15) is 11.4 Å². The number of carbonyl (C=O) groups is 2. The van der Waals surface area contributed by atoms with Crippen molar-refractivity contribution in [2.75, 3.05) is 13.7 Å². The Kier molecular flexibility index (Phi) is 4.54. The van der Waals surface area contributed by atoms with Gasteiger partial charge in [-0.05, 0) is 51.5 Å². The molecule has 0 fully saturated rings. The summed E-state index contributed by atoms with van der Waals surface area (Å²) in [5.74, 6) is -0.711. The number of hydrogen-bond acceptors (Lipinski definition) is 4. The van der Waals surface area contributed by atoms with E-state index >= 15 is 0 Å². The Morgan fingerprint density at radius 1 is 1.27 bits per heavy atom. The van der Waals surface area contributed by atoms with E-state index < -0.39 is 11.8 Å². The van der Waals surface area contributed by atoms with Crippen molar-refractivity contribution >= 4 is 22.7 Å². The SMILES string of the molecule is CCOC(=O)C(=O)c1c(C)c2cc(OC)ccc2n1C(C)C. The maximum atomic E-state index is 12.5. The number of benzene rings is 1. The lowest BCUT2D eigenvalue weighted by Crippen LogP contribution is -2.22. The Morgan fingerprint density at radius 2 is 1.95 bits per heavy atom. The summed E-state index contributed by atoms with van der Waals surface area (Å²) >= 11 is 0. The van der Waals surface area contributed by atoms with E-state index in [1.807, 2.05) is 43.5 Å². The summed E-state index contributed by atoms with van der Waals surface area (Å²) in [7, 11) is 1.60. The van der Waals surface area contributed by atoms with Crippen molar-refractivity contribution in [1.82, 2.24) is 4.57 Å². The quantitative estimate of drug-likeness (QED) is 0.483. The Hall–Kier alpha value is -2.30. The van der Waals surface area contributed by atoms with Gasteiger partial charge in [-0.3, -0.25) is 4.79 Å². The highest BCUT2D eigenvalue weighted by Crippen LogP contribution is 2.32. The van der Waals surface area contributed by atoms with Crippen LogP contribution in [-0.2, 0) is 9.53 Å². The van der Waals surface area contributed by atoms with Crippen LogP contribution in [0.1, 0.15) is 42.9 Å². The summed E-state index contributed by atoms with van der Waals surface area (Å²) in [4.78, 5) is 24.3. The molecule has 5 nitrogen and oxygen atoms in total. The van der Waals surface area contributed by atoms with Gasteiger partial charge in [-0.25, -0.2) is 4.79 Å². The molecule has 1 heterocycles. The van der Waals surface area contributed by atoms with Crippen LogP contribution < -0.4 is 4.74 Å². The summed E-state index contributed by atoms with van der Waals surface area (Å²) in [5.41, 5.74) is 2.05. The van der Waals surface area contributed by atoms with Gasteiger partial charge in [0.2, 0.25) is 0 Å². The number of esters is 1. The molecule has 0 bridgehead atoms. The first-order valence-electron chi connectivity index (χ1n) is 7.32. The highest BCUT2D eigenvalue weighted by Gasteiger charge is 2.27. The fraction of sp³-hybridized carbons (Fsp3) is 0.412. The first-order chi connectivity index (χ1) is 10.4. The average molecular weight is 303 g/mol. The van der Waals surface area contributed by atoms with Gasteiger partial charge in [0.05, 0.1) is 13.7 Å². The number of carbonyl (C=O) groups excluding carboxylic acids is 2. The topological polar surface area (TPSA) is 57.5 Å². The Bertz CT molecular complexity index is 728. The van der Waals surface area contributed by atoms with Crippen molar-refractivity contribution in [3.05, 3.63) is 29.5 Å². The Morgan fingerprint density at radius 3 is 2.50 bits per heavy atom. The number of ether oxygens (including phenoxy) is 2. The zero-order valence-corrected chi connectivity index (χ0v) is 13.6. The molecule has 118 valence electrons. The summed E-state index contributed by atoms with van der Waals surface area (Å²) in [6, 6.07) is 5.67. The molecule has 0 radical (unpaired) electrons. The standard InChI is InChI=1S/C17H21NO4/c1-6-22-17(20)16(19)15-11(4)13-9-12(21-5)7-8-14(13)18(15)10(2)3/h7-10H,6H2,1-5H3. The molecule has 0 spiro atoms. The first-order valence-corrected chi connectivity index (χ1v) is 7.32. The van der Waals surface area contributed by atoms with E-state index in [4.69, 9.17) is 9.47 Å². The minimum atomic E-state index is -0.817. The largest absolute Gasteiger partial charge is 0.497 e. The molecule has 22 heavy (non-hydrogen) atoms. The maximum Gasteiger partial charge on any atom is 0.381 e. The number of aromatic nitrogens is 1. The van der Waals surface area contributed by atoms with Gasteiger partial charge in [0, 0.05) is 16.9 Å². The van der Waals surface area contributed by atoms with Gasteiger partial charge < -0.3 is 14.0 Å². The lowest BCUT2D eigenvalue weighted by molar-refractivity contribution is -0.137. The van der Waals surface area contributed by atoms with E-state index in [1.165, 1.54) is 0 Å². The molecule has 0 saturated carbocycles. The van der Waals surface area contributed by atoms with Crippen LogP contribution in [0.4, 0.5) is 0 Å². The second-order valence-electron chi connectivity index (χ2n) is 5.37. The number of methoxy groups -OCH3 is 1. The Labute approximate surface area is 129 Å². The number of fused-ring (bicyclic) bond motifs is 1. The number of Topliss-reactive ketones (excluding diaryl/α,β-unsaturated/α-hetero) is 1. The molecule has 0 aliphatic rings. The minimum Gasteiger partial charge on any atom is -0.497 e. The summed E-state index contributed by atoms with van der Waals surface area (Å²) in [5, 5.41) is 0.903. The van der Waals surface area contributed by atoms with E-state index in [2.05, 4.69) is 0 Å². The van der Waals surface area contributed by atoms with Crippen molar-refractivity contribution in [1.29, 1.82) is 0 Å². The molecular formula is C17H21NO4. The van der Waals surface area contributed by atoms with E-state index in [1.54, 1.807) is 14.0 Å². The molecule has 0 amide bonds. The van der Waals surface area contributed by atoms with Crippen molar-refractivity contribution in [2.24, 2.45) is 0 Å². The predicted octanol–water partition coefficient (Wildman–Crippen LogP) is 3.29. The number of ketones is 1. The maximum absolute atomic E-state index is 12.5. The van der Waals surface area contributed by atoms with Crippen LogP contribution in [-0.4, -0.2) is 30.0 Å². The molecule has 0 saturated heterocycles. The zero-order chi connectivity index (χ0) is 16.4. The molecule has 0 atom stereocenters. The van der Waals surface area contributed by atoms with Gasteiger partial charge in [0.25, 0.3) is 5.78 Å². The van der Waals surface area contributed by atoms with Gasteiger partial charge in [-0.1, -0.05) is 0 Å². The lowest BCUT2D eigenvalue weighted by atomic mass is 10.1. The molecule has 1 aromatic carbocycles. The van der Waals surface area contributed by atoms with E-state index in [0.717, 1.165) is 16.5 Å². The first kappa shape index (κ1) is 16.1. The number of rotatable bonds is 5. The fourth-order valence-electron chi connectivity index (χ4n) is 2.69. The van der Waals surface area contributed by atoms with Crippen molar-refractivity contribution in [2.45, 2.75) is 33.7 Å². The number of nitrogens with zero attached hydrogens (tertiary/aromatic N) is 1. The fourth-order valence-corrected chi connectivity index (χ4v) is 2.69. The van der Waals surface area contributed by atoms with Crippen LogP contribution in [0, 0.1) is 6.92 Å². The van der Waals surface area contributed by atoms with Crippen LogP contribution >= 0.6 is 0 Å². The van der Waals surface area contributed by atoms with Crippen LogP contribution in [0.3, 0.4) is 0 Å². The molecule has 0 aliphatic carbocycles. The lowest BCUT2D eigenvalue weighted by Gasteiger charge is -2.14. The molecule has 5 heteroatoms. The molecule has 0 aliphatic heterocycles. The van der Waals surface area contributed by atoms with Crippen LogP contribution in [0.15, 0.2) is 18.2 Å². The van der Waals surface area contributed by atoms with Gasteiger partial charge >= 0.3 is 5.97 Å². The van der Waals surface area contributed by atoms with E-state index in [-0.39, 0.29) is 12.6 Å². The molecule has 0 unspecified atom stereocenters. The van der Waals surface area contributed by atoms with Crippen LogP contribution in [0.5, 0.6) is 5.75 Å². The molecule has 2 rings (SSSR count). The Balaban J connectivity index is 2.71. The van der Waals surface area contributed by atoms with Gasteiger partial charge in [0.15, 0.2) is 0 Å². The molecular weight excluding hydrogens is 282 g/mol. The van der Waals surface area contributed by atoms with E-state index in [9.17, 15) is 9.59 Å². The summed E-state index contributed by atoms with van der Waals surface area (Å²) in [6.45, 7) is 7.66. The van der Waals surface area contributed by atoms with Crippen molar-refractivity contribution < 1.29 is 19.1 Å². The highest BCUT2D eigenvalue weighted by atomic mass is 16.5. The predicted molar refractivity (Wildman–Crippen MR) is 84.6 cm³/mol. The minimum absolute atomic E-state index is 0.0398. The summed E-state index contributed by atoms with van der Waals surface area (Å²) in [6.07, 6.45) is 0. The summed E-state index contributed by atoms with van der Waals surface area (Å²) < 4.78 is 12.0. The van der Waals surface area contributed by atoms with Gasteiger partial charge in [-0.15, -0.1) is 0 Å². The molecule has 1 aromatic heterocycles. The van der Waals surface area contributed by atoms with Crippen LogP contribution in [0.2, 0.25) is 0 Å². The second-order valence-corrected chi connectivity index (χ2v) is 5.37. The van der Waals surface area contributed by atoms with Gasteiger partial charge in [-0.2, -0.15) is 0 Å². The average Bonchev–Trinajstić information content (AvgIpc) is 2.79. The smallest absolute Gasteiger partial charge is 0.381 e. The van der Waals surface area contributed by atoms with Crippen LogP contribution in [0.25, 0.3) is 10.9 Å². The monoisotopic (exact) mass is 303 g/mol. The number of aryl methyl sites for hydroxylation is 1. The van der Waals surface area contributed by atoms with Crippen molar-refractivity contribution in [3.8, 4) is 5.75 Å². The third kappa shape index (κ3) is 2.58.